The van der Waals surface area contributed by atoms with Crippen LogP contribution in [0.4, 0.5) is 11.4 Å². The van der Waals surface area contributed by atoms with Crippen LogP contribution in [0.25, 0.3) is 12.2 Å². The zero-order valence-corrected chi connectivity index (χ0v) is 17.2. The van der Waals surface area contributed by atoms with Gasteiger partial charge in [-0.05, 0) is 48.0 Å². The number of amides is 2. The van der Waals surface area contributed by atoms with Crippen LogP contribution >= 0.6 is 0 Å². The minimum absolute atomic E-state index is 0.0690. The standard InChI is InChI=1S/C25H23N3O3/c1-31-23-10-5-9-22(16-23)28-17-19(15-24(28)29)25(30)27-21-8-4-6-18(14-21)11-12-20-7-2-3-13-26-20/h2-14,16,19H,15,17H2,1H3,(H,27,30). The number of nitrogens with zero attached hydrogens (tertiary/aromatic N) is 2. The third kappa shape index (κ3) is 4.98. The Balaban J connectivity index is 1.41. The molecule has 1 aliphatic heterocycles. The summed E-state index contributed by atoms with van der Waals surface area (Å²) in [6.45, 7) is 0.344. The molecule has 3 aromatic rings. The number of methoxy groups -OCH3 is 1. The molecule has 0 aliphatic carbocycles. The molecule has 4 rings (SSSR count). The van der Waals surface area contributed by atoms with E-state index in [1.54, 1.807) is 24.3 Å². The summed E-state index contributed by atoms with van der Waals surface area (Å²) < 4.78 is 5.24. The summed E-state index contributed by atoms with van der Waals surface area (Å²) in [6, 6.07) is 20.6. The van der Waals surface area contributed by atoms with Gasteiger partial charge in [-0.2, -0.15) is 0 Å². The number of hydrogen-bond donors (Lipinski definition) is 1. The number of hydrogen-bond acceptors (Lipinski definition) is 4. The first-order valence-corrected chi connectivity index (χ1v) is 10.1. The fraction of sp³-hybridized carbons (Fsp3) is 0.160. The van der Waals surface area contributed by atoms with Crippen molar-refractivity contribution in [1.82, 2.24) is 4.98 Å². The number of carbonyl (C=O) groups excluding carboxylic acids is 2. The highest BCUT2D eigenvalue weighted by Gasteiger charge is 2.35. The minimum Gasteiger partial charge on any atom is -0.497 e. The Morgan fingerprint density at radius 3 is 2.77 bits per heavy atom. The maximum absolute atomic E-state index is 12.8. The number of aromatic nitrogens is 1. The Morgan fingerprint density at radius 1 is 1.10 bits per heavy atom. The molecule has 1 atom stereocenters. The van der Waals surface area contributed by atoms with Gasteiger partial charge in [-0.15, -0.1) is 0 Å². The SMILES string of the molecule is COc1cccc(N2CC(C(=O)Nc3cccc(C=Cc4ccccn4)c3)CC2=O)c1. The zero-order valence-electron chi connectivity index (χ0n) is 17.2. The van der Waals surface area contributed by atoms with Gasteiger partial charge in [0.05, 0.1) is 18.7 Å². The Kier molecular flexibility index (Phi) is 6.08. The molecule has 6 nitrogen and oxygen atoms in total. The molecule has 1 saturated heterocycles. The maximum atomic E-state index is 12.8. The van der Waals surface area contributed by atoms with Crippen LogP contribution in [0.15, 0.2) is 72.9 Å². The van der Waals surface area contributed by atoms with Crippen LogP contribution in [0, 0.1) is 5.92 Å². The van der Waals surface area contributed by atoms with Crippen molar-refractivity contribution in [2.75, 3.05) is 23.9 Å². The van der Waals surface area contributed by atoms with Crippen molar-refractivity contribution < 1.29 is 14.3 Å². The van der Waals surface area contributed by atoms with Gasteiger partial charge in [0.15, 0.2) is 0 Å². The van der Waals surface area contributed by atoms with Gasteiger partial charge < -0.3 is 15.0 Å². The van der Waals surface area contributed by atoms with E-state index in [4.69, 9.17) is 4.74 Å². The molecule has 156 valence electrons. The molecule has 1 aliphatic rings. The largest absolute Gasteiger partial charge is 0.497 e. The van der Waals surface area contributed by atoms with Crippen LogP contribution in [-0.2, 0) is 9.59 Å². The Labute approximate surface area is 181 Å². The summed E-state index contributed by atoms with van der Waals surface area (Å²) in [4.78, 5) is 31.2. The van der Waals surface area contributed by atoms with Gasteiger partial charge in [0.25, 0.3) is 0 Å². The highest BCUT2D eigenvalue weighted by atomic mass is 16.5. The van der Waals surface area contributed by atoms with Gasteiger partial charge in [0.1, 0.15) is 5.75 Å². The average molecular weight is 413 g/mol. The second-order valence-corrected chi connectivity index (χ2v) is 7.31. The summed E-state index contributed by atoms with van der Waals surface area (Å²) in [5.74, 6) is 0.0326. The molecule has 6 heteroatoms. The zero-order chi connectivity index (χ0) is 21.6. The molecule has 1 fully saturated rings. The summed E-state index contributed by atoms with van der Waals surface area (Å²) in [5.41, 5.74) is 3.24. The van der Waals surface area contributed by atoms with Crippen molar-refractivity contribution in [3.63, 3.8) is 0 Å². The summed E-state index contributed by atoms with van der Waals surface area (Å²) in [5, 5.41) is 2.95. The molecule has 1 N–H and O–H groups in total. The van der Waals surface area contributed by atoms with E-state index >= 15 is 0 Å². The van der Waals surface area contributed by atoms with Crippen molar-refractivity contribution in [2.45, 2.75) is 6.42 Å². The molecule has 0 saturated carbocycles. The van der Waals surface area contributed by atoms with Gasteiger partial charge in [-0.3, -0.25) is 14.6 Å². The van der Waals surface area contributed by atoms with E-state index in [9.17, 15) is 9.59 Å². The monoisotopic (exact) mass is 413 g/mol. The maximum Gasteiger partial charge on any atom is 0.229 e. The summed E-state index contributed by atoms with van der Waals surface area (Å²) >= 11 is 0. The molecular weight excluding hydrogens is 390 g/mol. The predicted octanol–water partition coefficient (Wildman–Crippen LogP) is 4.25. The minimum atomic E-state index is -0.411. The van der Waals surface area contributed by atoms with Crippen molar-refractivity contribution in [2.24, 2.45) is 5.92 Å². The van der Waals surface area contributed by atoms with Crippen LogP contribution < -0.4 is 15.0 Å². The topological polar surface area (TPSA) is 71.5 Å². The van der Waals surface area contributed by atoms with E-state index in [1.165, 1.54) is 0 Å². The lowest BCUT2D eigenvalue weighted by Gasteiger charge is -2.17. The number of benzene rings is 2. The normalized spacial score (nSPS) is 16.0. The first kappa shape index (κ1) is 20.3. The van der Waals surface area contributed by atoms with E-state index in [1.807, 2.05) is 72.8 Å². The second kappa shape index (κ2) is 9.26. The highest BCUT2D eigenvalue weighted by Crippen LogP contribution is 2.28. The predicted molar refractivity (Wildman–Crippen MR) is 122 cm³/mol. The van der Waals surface area contributed by atoms with Gasteiger partial charge in [-0.25, -0.2) is 0 Å². The van der Waals surface area contributed by atoms with Crippen molar-refractivity contribution in [1.29, 1.82) is 0 Å². The van der Waals surface area contributed by atoms with E-state index in [0.717, 1.165) is 16.9 Å². The summed E-state index contributed by atoms with van der Waals surface area (Å²) in [6.07, 6.45) is 5.79. The average Bonchev–Trinajstić information content (AvgIpc) is 3.20. The van der Waals surface area contributed by atoms with E-state index in [-0.39, 0.29) is 18.2 Å². The number of carbonyl (C=O) groups is 2. The van der Waals surface area contributed by atoms with Gasteiger partial charge in [0.2, 0.25) is 11.8 Å². The first-order valence-electron chi connectivity index (χ1n) is 10.1. The quantitative estimate of drug-likeness (QED) is 0.656. The van der Waals surface area contributed by atoms with Crippen LogP contribution in [0.5, 0.6) is 5.75 Å². The molecular formula is C25H23N3O3. The van der Waals surface area contributed by atoms with Gasteiger partial charge in [0, 0.05) is 36.6 Å². The van der Waals surface area contributed by atoms with Crippen LogP contribution in [0.1, 0.15) is 17.7 Å². The Morgan fingerprint density at radius 2 is 1.97 bits per heavy atom. The van der Waals surface area contributed by atoms with Crippen molar-refractivity contribution in [3.05, 3.63) is 84.2 Å². The molecule has 31 heavy (non-hydrogen) atoms. The molecule has 2 aromatic carbocycles. The van der Waals surface area contributed by atoms with Gasteiger partial charge in [-0.1, -0.05) is 30.3 Å². The molecule has 2 heterocycles. The number of rotatable bonds is 6. The fourth-order valence-corrected chi connectivity index (χ4v) is 3.53. The van der Waals surface area contributed by atoms with Crippen molar-refractivity contribution in [3.8, 4) is 5.75 Å². The van der Waals surface area contributed by atoms with E-state index < -0.39 is 5.92 Å². The van der Waals surface area contributed by atoms with Crippen molar-refractivity contribution >= 4 is 35.3 Å². The smallest absolute Gasteiger partial charge is 0.229 e. The van der Waals surface area contributed by atoms with E-state index in [2.05, 4.69) is 10.3 Å². The molecule has 2 amide bonds. The van der Waals surface area contributed by atoms with Crippen LogP contribution in [0.2, 0.25) is 0 Å². The Bertz CT molecular complexity index is 1110. The Hall–Kier alpha value is -3.93. The molecule has 0 bridgehead atoms. The number of nitrogens with one attached hydrogen (secondary N) is 1. The first-order chi connectivity index (χ1) is 15.1. The van der Waals surface area contributed by atoms with Gasteiger partial charge >= 0.3 is 0 Å². The fourth-order valence-electron chi connectivity index (χ4n) is 3.53. The highest BCUT2D eigenvalue weighted by molar-refractivity contribution is 6.03. The number of ether oxygens (including phenoxy) is 1. The lowest BCUT2D eigenvalue weighted by molar-refractivity contribution is -0.122. The van der Waals surface area contributed by atoms with Crippen LogP contribution in [-0.4, -0.2) is 30.5 Å². The number of anilines is 2. The molecule has 1 unspecified atom stereocenters. The molecule has 0 spiro atoms. The second-order valence-electron chi connectivity index (χ2n) is 7.31. The third-order valence-electron chi connectivity index (χ3n) is 5.15. The lowest BCUT2D eigenvalue weighted by Crippen LogP contribution is -2.28. The van der Waals surface area contributed by atoms with E-state index in [0.29, 0.717) is 18.0 Å². The molecule has 0 radical (unpaired) electrons. The number of pyridine rings is 1. The summed E-state index contributed by atoms with van der Waals surface area (Å²) in [7, 11) is 1.58. The molecule has 1 aromatic heterocycles. The lowest BCUT2D eigenvalue weighted by atomic mass is 10.1. The van der Waals surface area contributed by atoms with Crippen LogP contribution in [0.3, 0.4) is 0 Å². The third-order valence-corrected chi connectivity index (χ3v) is 5.15.